The van der Waals surface area contributed by atoms with E-state index in [0.29, 0.717) is 18.8 Å². The van der Waals surface area contributed by atoms with Crippen molar-refractivity contribution in [2.24, 2.45) is 0 Å². The molecular formula is C18H19N3O2S. The zero-order valence-corrected chi connectivity index (χ0v) is 14.2. The molecular weight excluding hydrogens is 322 g/mol. The third-order valence-electron chi connectivity index (χ3n) is 3.38. The number of H-pyrrole nitrogens is 1. The van der Waals surface area contributed by atoms with Gasteiger partial charge in [-0.25, -0.2) is 4.98 Å². The number of carbonyl (C=O) groups is 1. The Morgan fingerprint density at radius 2 is 2.00 bits per heavy atom. The molecule has 5 nitrogen and oxygen atoms in total. The van der Waals surface area contributed by atoms with Crippen LogP contribution in [0.25, 0.3) is 11.0 Å². The minimum absolute atomic E-state index is 0.0113. The quantitative estimate of drug-likeness (QED) is 0.635. The fraction of sp³-hybridized carbons (Fsp3) is 0.222. The highest BCUT2D eigenvalue weighted by molar-refractivity contribution is 7.99. The molecule has 0 spiro atoms. The maximum atomic E-state index is 12.0. The molecule has 0 radical (unpaired) electrons. The summed E-state index contributed by atoms with van der Waals surface area (Å²) in [6.07, 6.45) is 0.426. The minimum atomic E-state index is -0.0113. The van der Waals surface area contributed by atoms with Gasteiger partial charge in [0.1, 0.15) is 5.75 Å². The first kappa shape index (κ1) is 16.4. The number of amides is 1. The molecule has 1 heterocycles. The number of rotatable bonds is 7. The largest absolute Gasteiger partial charge is 0.494 e. The van der Waals surface area contributed by atoms with Crippen molar-refractivity contribution in [2.75, 3.05) is 17.7 Å². The van der Waals surface area contributed by atoms with Gasteiger partial charge >= 0.3 is 0 Å². The van der Waals surface area contributed by atoms with Crippen LogP contribution in [-0.2, 0) is 4.79 Å². The van der Waals surface area contributed by atoms with Crippen LogP contribution in [-0.4, -0.2) is 28.2 Å². The van der Waals surface area contributed by atoms with Crippen LogP contribution >= 0.6 is 11.8 Å². The van der Waals surface area contributed by atoms with Crippen molar-refractivity contribution in [3.05, 3.63) is 48.5 Å². The molecule has 1 amide bonds. The van der Waals surface area contributed by atoms with Gasteiger partial charge < -0.3 is 15.0 Å². The number of ether oxygens (including phenoxy) is 1. The van der Waals surface area contributed by atoms with E-state index in [4.69, 9.17) is 4.74 Å². The fourth-order valence-corrected chi connectivity index (χ4v) is 3.09. The summed E-state index contributed by atoms with van der Waals surface area (Å²) in [4.78, 5) is 19.7. The van der Waals surface area contributed by atoms with Gasteiger partial charge in [0.15, 0.2) is 5.16 Å². The molecule has 0 aliphatic heterocycles. The van der Waals surface area contributed by atoms with Gasteiger partial charge in [-0.3, -0.25) is 4.79 Å². The molecule has 1 aromatic heterocycles. The fourth-order valence-electron chi connectivity index (χ4n) is 2.26. The Labute approximate surface area is 144 Å². The third-order valence-corrected chi connectivity index (χ3v) is 4.26. The van der Waals surface area contributed by atoms with Crippen LogP contribution < -0.4 is 10.1 Å². The van der Waals surface area contributed by atoms with E-state index in [2.05, 4.69) is 15.3 Å². The lowest BCUT2D eigenvalue weighted by atomic mass is 10.3. The molecule has 124 valence electrons. The monoisotopic (exact) mass is 341 g/mol. The number of benzene rings is 2. The molecule has 3 aromatic rings. The molecule has 0 aliphatic carbocycles. The maximum absolute atomic E-state index is 12.0. The summed E-state index contributed by atoms with van der Waals surface area (Å²) in [6.45, 7) is 2.57. The molecule has 2 N–H and O–H groups in total. The molecule has 6 heteroatoms. The van der Waals surface area contributed by atoms with Gasteiger partial charge in [-0.15, -0.1) is 0 Å². The van der Waals surface area contributed by atoms with Crippen molar-refractivity contribution < 1.29 is 9.53 Å². The zero-order chi connectivity index (χ0) is 16.8. The first-order chi connectivity index (χ1) is 11.7. The summed E-state index contributed by atoms with van der Waals surface area (Å²) in [5, 5.41) is 3.72. The SMILES string of the molecule is CCOc1ccc(NC(=O)CCSc2nc3ccccc3[nH]2)cc1. The molecule has 0 saturated heterocycles. The summed E-state index contributed by atoms with van der Waals surface area (Å²) < 4.78 is 5.38. The molecule has 0 saturated carbocycles. The second-order valence-electron chi connectivity index (χ2n) is 5.16. The van der Waals surface area contributed by atoms with E-state index in [1.54, 1.807) is 11.8 Å². The van der Waals surface area contributed by atoms with E-state index in [-0.39, 0.29) is 5.91 Å². The second-order valence-corrected chi connectivity index (χ2v) is 6.25. The number of nitrogens with zero attached hydrogens (tertiary/aromatic N) is 1. The van der Waals surface area contributed by atoms with Crippen molar-refractivity contribution in [2.45, 2.75) is 18.5 Å². The standard InChI is InChI=1S/C18H19N3O2S/c1-2-23-14-9-7-13(8-10-14)19-17(22)11-12-24-18-20-15-5-3-4-6-16(15)21-18/h3-10H,2,11-12H2,1H3,(H,19,22)(H,20,21). The number of thioether (sulfide) groups is 1. The number of nitrogens with one attached hydrogen (secondary N) is 2. The highest BCUT2D eigenvalue weighted by Crippen LogP contribution is 2.20. The normalized spacial score (nSPS) is 10.7. The van der Waals surface area contributed by atoms with Gasteiger partial charge in [0.25, 0.3) is 0 Å². The van der Waals surface area contributed by atoms with Crippen molar-refractivity contribution in [1.29, 1.82) is 0 Å². The lowest BCUT2D eigenvalue weighted by Crippen LogP contribution is -2.12. The first-order valence-corrected chi connectivity index (χ1v) is 8.83. The molecule has 2 aromatic carbocycles. The van der Waals surface area contributed by atoms with E-state index >= 15 is 0 Å². The predicted molar refractivity (Wildman–Crippen MR) is 97.7 cm³/mol. The Balaban J connectivity index is 1.46. The summed E-state index contributed by atoms with van der Waals surface area (Å²) in [5.74, 6) is 1.46. The number of fused-ring (bicyclic) bond motifs is 1. The van der Waals surface area contributed by atoms with Crippen LogP contribution in [0.1, 0.15) is 13.3 Å². The highest BCUT2D eigenvalue weighted by Gasteiger charge is 2.06. The van der Waals surface area contributed by atoms with E-state index in [1.165, 1.54) is 0 Å². The van der Waals surface area contributed by atoms with Gasteiger partial charge in [-0.2, -0.15) is 0 Å². The molecule has 3 rings (SSSR count). The van der Waals surface area contributed by atoms with Gasteiger partial charge in [-0.05, 0) is 43.3 Å². The molecule has 0 atom stereocenters. The van der Waals surface area contributed by atoms with Crippen LogP contribution in [0.4, 0.5) is 5.69 Å². The second kappa shape index (κ2) is 7.88. The summed E-state index contributed by atoms with van der Waals surface area (Å²) in [6, 6.07) is 15.3. The summed E-state index contributed by atoms with van der Waals surface area (Å²) >= 11 is 1.55. The molecule has 0 unspecified atom stereocenters. The lowest BCUT2D eigenvalue weighted by molar-refractivity contribution is -0.115. The topological polar surface area (TPSA) is 67.0 Å². The van der Waals surface area contributed by atoms with Gasteiger partial charge in [0.05, 0.1) is 17.6 Å². The number of carbonyl (C=O) groups excluding carboxylic acids is 1. The molecule has 24 heavy (non-hydrogen) atoms. The average Bonchev–Trinajstić information content (AvgIpc) is 2.99. The van der Waals surface area contributed by atoms with Gasteiger partial charge in [0.2, 0.25) is 5.91 Å². The Morgan fingerprint density at radius 1 is 1.21 bits per heavy atom. The van der Waals surface area contributed by atoms with Crippen LogP contribution in [0.3, 0.4) is 0 Å². The van der Waals surface area contributed by atoms with Crippen molar-refractivity contribution in [3.8, 4) is 5.75 Å². The average molecular weight is 341 g/mol. The van der Waals surface area contributed by atoms with Gasteiger partial charge in [-0.1, -0.05) is 23.9 Å². The third kappa shape index (κ3) is 4.29. The van der Waals surface area contributed by atoms with Gasteiger partial charge in [0, 0.05) is 17.9 Å². The van der Waals surface area contributed by atoms with E-state index in [0.717, 1.165) is 27.6 Å². The van der Waals surface area contributed by atoms with Crippen LogP contribution in [0.2, 0.25) is 0 Å². The van der Waals surface area contributed by atoms with Crippen LogP contribution in [0, 0.1) is 0 Å². The van der Waals surface area contributed by atoms with E-state index in [9.17, 15) is 4.79 Å². The van der Waals surface area contributed by atoms with E-state index < -0.39 is 0 Å². The predicted octanol–water partition coefficient (Wildman–Crippen LogP) is 4.08. The number of aromatic amines is 1. The Morgan fingerprint density at radius 3 is 2.75 bits per heavy atom. The first-order valence-electron chi connectivity index (χ1n) is 7.85. The van der Waals surface area contributed by atoms with E-state index in [1.807, 2.05) is 55.5 Å². The minimum Gasteiger partial charge on any atom is -0.494 e. The van der Waals surface area contributed by atoms with Crippen LogP contribution in [0.5, 0.6) is 5.75 Å². The van der Waals surface area contributed by atoms with Crippen molar-refractivity contribution in [3.63, 3.8) is 0 Å². The highest BCUT2D eigenvalue weighted by atomic mass is 32.2. The Kier molecular flexibility index (Phi) is 5.38. The number of aromatic nitrogens is 2. The molecule has 0 bridgehead atoms. The number of imidazole rings is 1. The number of hydrogen-bond acceptors (Lipinski definition) is 4. The number of anilines is 1. The number of hydrogen-bond donors (Lipinski definition) is 2. The molecule has 0 fully saturated rings. The smallest absolute Gasteiger partial charge is 0.225 e. The van der Waals surface area contributed by atoms with Crippen LogP contribution in [0.15, 0.2) is 53.7 Å². The lowest BCUT2D eigenvalue weighted by Gasteiger charge is -2.06. The maximum Gasteiger partial charge on any atom is 0.225 e. The van der Waals surface area contributed by atoms with Crippen molar-refractivity contribution in [1.82, 2.24) is 9.97 Å². The summed E-state index contributed by atoms with van der Waals surface area (Å²) in [7, 11) is 0. The Hall–Kier alpha value is -2.47. The molecule has 0 aliphatic rings. The number of para-hydroxylation sites is 2. The zero-order valence-electron chi connectivity index (χ0n) is 13.4. The van der Waals surface area contributed by atoms with Crippen molar-refractivity contribution >= 4 is 34.4 Å². The summed E-state index contributed by atoms with van der Waals surface area (Å²) in [5.41, 5.74) is 2.73. The Bertz CT molecular complexity index is 782.